The number of nitrogens with zero attached hydrogens (tertiary/aromatic N) is 1. The molecule has 0 bridgehead atoms. The van der Waals surface area contributed by atoms with Crippen LogP contribution in [0.5, 0.6) is 0 Å². The third-order valence-electron chi connectivity index (χ3n) is 4.87. The van der Waals surface area contributed by atoms with Crippen LogP contribution in [-0.4, -0.2) is 21.6 Å². The van der Waals surface area contributed by atoms with Gasteiger partial charge in [-0.3, -0.25) is 4.48 Å². The second-order valence-corrected chi connectivity index (χ2v) is 8.11. The average Bonchev–Trinajstić information content (AvgIpc) is 2.62. The van der Waals surface area contributed by atoms with Crippen molar-refractivity contribution in [2.24, 2.45) is 0 Å². The van der Waals surface area contributed by atoms with Crippen LogP contribution < -0.4 is 0 Å². The molecule has 1 atom stereocenters. The van der Waals surface area contributed by atoms with Crippen molar-refractivity contribution in [3.63, 3.8) is 0 Å². The largest absolute Gasteiger partial charge is 0.299 e. The Balaban J connectivity index is 2.86. The van der Waals surface area contributed by atoms with E-state index < -0.39 is 0 Å². The lowest BCUT2D eigenvalue weighted by molar-refractivity contribution is -0.940. The maximum Gasteiger partial charge on any atom is 0.200 e. The van der Waals surface area contributed by atoms with Crippen molar-refractivity contribution in [1.82, 2.24) is 0 Å². The number of rotatable bonds is 13. The molecule has 24 heavy (non-hydrogen) atoms. The topological polar surface area (TPSA) is 0 Å². The van der Waals surface area contributed by atoms with Crippen LogP contribution in [0.15, 0.2) is 30.3 Å². The zero-order valence-electron chi connectivity index (χ0n) is 15.6. The van der Waals surface area contributed by atoms with Gasteiger partial charge in [-0.15, -0.1) is 6.42 Å². The van der Waals surface area contributed by atoms with Gasteiger partial charge in [0.05, 0.1) is 13.1 Å². The van der Waals surface area contributed by atoms with Gasteiger partial charge >= 0.3 is 0 Å². The number of terminal acetylenes is 1. The molecular weight excluding hydrogens is 405 g/mol. The van der Waals surface area contributed by atoms with Gasteiger partial charge in [-0.2, -0.15) is 0 Å². The van der Waals surface area contributed by atoms with E-state index in [9.17, 15) is 0 Å². The van der Waals surface area contributed by atoms with Gasteiger partial charge in [0.25, 0.3) is 0 Å². The standard InChI is InChI=1S/C22H35IN/c1-4-7-9-14-18-24(22(23)6-3,19-15-10-8-5-2)20-21-16-12-11-13-17-21/h3,11-13,16-17,22H,4-5,7-10,14-15,18-20H2,1-2H3/q+1. The monoisotopic (exact) mass is 440 g/mol. The molecule has 2 heteroatoms. The Bertz CT molecular complexity index is 451. The fourth-order valence-corrected chi connectivity index (χ4v) is 4.14. The SMILES string of the molecule is C#CC(I)[N+](CCCCCC)(CCCCCC)Cc1ccccc1. The van der Waals surface area contributed by atoms with Gasteiger partial charge < -0.3 is 0 Å². The van der Waals surface area contributed by atoms with Crippen molar-refractivity contribution in [2.75, 3.05) is 13.1 Å². The third-order valence-corrected chi connectivity index (χ3v) is 6.41. The molecule has 0 saturated carbocycles. The molecule has 0 aromatic heterocycles. The van der Waals surface area contributed by atoms with E-state index in [2.05, 4.69) is 72.7 Å². The van der Waals surface area contributed by atoms with Crippen LogP contribution in [0.3, 0.4) is 0 Å². The zero-order valence-corrected chi connectivity index (χ0v) is 17.8. The second-order valence-electron chi connectivity index (χ2n) is 6.93. The first-order valence-electron chi connectivity index (χ1n) is 9.68. The molecule has 0 N–H and O–H groups in total. The van der Waals surface area contributed by atoms with Crippen LogP contribution in [-0.2, 0) is 6.54 Å². The smallest absolute Gasteiger partial charge is 0.200 e. The van der Waals surface area contributed by atoms with E-state index in [1.807, 2.05) is 0 Å². The van der Waals surface area contributed by atoms with E-state index in [1.165, 1.54) is 70.0 Å². The number of unbranched alkanes of at least 4 members (excludes halogenated alkanes) is 6. The second kappa shape index (κ2) is 12.8. The van der Waals surface area contributed by atoms with Gasteiger partial charge in [0.2, 0.25) is 4.05 Å². The summed E-state index contributed by atoms with van der Waals surface area (Å²) in [7, 11) is 0. The minimum Gasteiger partial charge on any atom is -0.299 e. The maximum atomic E-state index is 5.90. The lowest BCUT2D eigenvalue weighted by Gasteiger charge is -2.41. The van der Waals surface area contributed by atoms with E-state index in [1.54, 1.807) is 0 Å². The van der Waals surface area contributed by atoms with Crippen LogP contribution in [0.25, 0.3) is 0 Å². The molecule has 0 heterocycles. The molecule has 0 aliphatic rings. The number of halogens is 1. The van der Waals surface area contributed by atoms with E-state index >= 15 is 0 Å². The van der Waals surface area contributed by atoms with Crippen LogP contribution in [0.4, 0.5) is 0 Å². The lowest BCUT2D eigenvalue weighted by atomic mass is 10.1. The van der Waals surface area contributed by atoms with Crippen molar-refractivity contribution < 1.29 is 4.48 Å². The van der Waals surface area contributed by atoms with Gasteiger partial charge in [-0.05, 0) is 31.6 Å². The highest BCUT2D eigenvalue weighted by Crippen LogP contribution is 2.27. The van der Waals surface area contributed by atoms with Gasteiger partial charge in [0, 0.05) is 28.2 Å². The molecule has 1 nitrogen and oxygen atoms in total. The summed E-state index contributed by atoms with van der Waals surface area (Å²) in [5.41, 5.74) is 1.42. The summed E-state index contributed by atoms with van der Waals surface area (Å²) in [4.78, 5) is 0. The van der Waals surface area contributed by atoms with Crippen molar-refractivity contribution in [2.45, 2.75) is 75.8 Å². The normalized spacial score (nSPS) is 12.8. The third kappa shape index (κ3) is 7.57. The van der Waals surface area contributed by atoms with Gasteiger partial charge in [-0.1, -0.05) is 69.9 Å². The highest BCUT2D eigenvalue weighted by Gasteiger charge is 2.33. The first-order chi connectivity index (χ1) is 11.7. The Kier molecular flexibility index (Phi) is 11.5. The Morgan fingerprint density at radius 1 is 0.917 bits per heavy atom. The number of hydrogen-bond acceptors (Lipinski definition) is 0. The summed E-state index contributed by atoms with van der Waals surface area (Å²) in [5.74, 6) is 3.07. The van der Waals surface area contributed by atoms with Crippen molar-refractivity contribution >= 4 is 22.6 Å². The lowest BCUT2D eigenvalue weighted by Crippen LogP contribution is -2.53. The molecule has 0 aliphatic heterocycles. The average molecular weight is 440 g/mol. The summed E-state index contributed by atoms with van der Waals surface area (Å²) >= 11 is 2.51. The number of quaternary nitrogens is 1. The summed E-state index contributed by atoms with van der Waals surface area (Å²) in [6, 6.07) is 10.9. The van der Waals surface area contributed by atoms with Crippen LogP contribution >= 0.6 is 22.6 Å². The van der Waals surface area contributed by atoms with Crippen LogP contribution in [0.2, 0.25) is 0 Å². The molecule has 0 aliphatic carbocycles. The number of alkyl halides is 1. The minimum absolute atomic E-state index is 0.256. The van der Waals surface area contributed by atoms with Gasteiger partial charge in [0.15, 0.2) is 0 Å². The molecule has 0 amide bonds. The van der Waals surface area contributed by atoms with E-state index in [0.29, 0.717) is 0 Å². The van der Waals surface area contributed by atoms with E-state index in [0.717, 1.165) is 11.0 Å². The Labute approximate surface area is 164 Å². The first kappa shape index (κ1) is 21.5. The van der Waals surface area contributed by atoms with Gasteiger partial charge in [-0.25, -0.2) is 0 Å². The highest BCUT2D eigenvalue weighted by molar-refractivity contribution is 14.1. The van der Waals surface area contributed by atoms with Crippen molar-refractivity contribution in [3.8, 4) is 12.3 Å². The predicted molar refractivity (Wildman–Crippen MR) is 115 cm³/mol. The quantitative estimate of drug-likeness (QED) is 0.0814. The summed E-state index contributed by atoms with van der Waals surface area (Å²) in [6.45, 7) is 8.04. The fourth-order valence-electron chi connectivity index (χ4n) is 3.39. The molecule has 0 spiro atoms. The first-order valence-corrected chi connectivity index (χ1v) is 10.9. The number of benzene rings is 1. The molecule has 0 fully saturated rings. The highest BCUT2D eigenvalue weighted by atomic mass is 127. The van der Waals surface area contributed by atoms with E-state index in [4.69, 9.17) is 6.42 Å². The molecule has 0 saturated heterocycles. The molecule has 1 rings (SSSR count). The summed E-state index contributed by atoms with van der Waals surface area (Å²) in [6.07, 6.45) is 16.4. The molecule has 0 radical (unpaired) electrons. The fraction of sp³-hybridized carbons (Fsp3) is 0.636. The molecule has 1 unspecified atom stereocenters. The molecule has 134 valence electrons. The van der Waals surface area contributed by atoms with E-state index in [-0.39, 0.29) is 4.05 Å². The number of hydrogen-bond donors (Lipinski definition) is 0. The Morgan fingerprint density at radius 2 is 1.46 bits per heavy atom. The summed E-state index contributed by atoms with van der Waals surface area (Å²) in [5, 5.41) is 0. The zero-order chi connectivity index (χ0) is 17.7. The molecule has 1 aromatic carbocycles. The Morgan fingerprint density at radius 3 is 1.92 bits per heavy atom. The predicted octanol–water partition coefficient (Wildman–Crippen LogP) is 6.56. The molecule has 1 aromatic rings. The summed E-state index contributed by atoms with van der Waals surface area (Å²) < 4.78 is 1.31. The van der Waals surface area contributed by atoms with Crippen molar-refractivity contribution in [3.05, 3.63) is 35.9 Å². The minimum atomic E-state index is 0.256. The maximum absolute atomic E-state index is 5.90. The molecular formula is C22H35IN+. The van der Waals surface area contributed by atoms with Gasteiger partial charge in [0.1, 0.15) is 6.54 Å². The van der Waals surface area contributed by atoms with Crippen molar-refractivity contribution in [1.29, 1.82) is 0 Å². The van der Waals surface area contributed by atoms with Crippen LogP contribution in [0, 0.1) is 12.3 Å². The van der Waals surface area contributed by atoms with Crippen LogP contribution in [0.1, 0.15) is 70.8 Å². The Hall–Kier alpha value is -0.530.